The van der Waals surface area contributed by atoms with E-state index in [0.717, 1.165) is 18.4 Å². The van der Waals surface area contributed by atoms with Crippen molar-refractivity contribution < 1.29 is 24.2 Å². The molecule has 2 aromatic heterocycles. The van der Waals surface area contributed by atoms with Gasteiger partial charge in [0.05, 0.1) is 18.1 Å². The fourth-order valence-electron chi connectivity index (χ4n) is 4.28. The summed E-state index contributed by atoms with van der Waals surface area (Å²) in [6, 6.07) is 9.96. The van der Waals surface area contributed by atoms with Crippen LogP contribution in [0.25, 0.3) is 22.4 Å². The second kappa shape index (κ2) is 10.1. The van der Waals surface area contributed by atoms with Crippen LogP contribution in [0, 0.1) is 5.92 Å². The fraction of sp³-hybridized carbons (Fsp3) is 0.458. The first-order valence-electron chi connectivity index (χ1n) is 11.2. The van der Waals surface area contributed by atoms with Gasteiger partial charge in [-0.25, -0.2) is 4.79 Å². The second-order valence-electron chi connectivity index (χ2n) is 8.41. The number of ether oxygens (including phenoxy) is 1. The molecule has 1 aromatic carbocycles. The molecule has 1 aliphatic heterocycles. The molecule has 4 rings (SSSR count). The zero-order valence-corrected chi connectivity index (χ0v) is 19.1. The van der Waals surface area contributed by atoms with Crippen molar-refractivity contribution in [3.8, 4) is 11.3 Å². The first-order chi connectivity index (χ1) is 15.9. The molecule has 0 radical (unpaired) electrons. The van der Waals surface area contributed by atoms with Gasteiger partial charge in [-0.1, -0.05) is 44.0 Å². The van der Waals surface area contributed by atoms with E-state index in [1.165, 1.54) is 23.0 Å². The van der Waals surface area contributed by atoms with Crippen LogP contribution in [-0.4, -0.2) is 43.8 Å². The van der Waals surface area contributed by atoms with Crippen LogP contribution in [0.2, 0.25) is 0 Å². The maximum absolute atomic E-state index is 12.6. The number of aryl methyl sites for hydroxylation is 1. The Hall–Kier alpha value is -2.68. The molecule has 1 fully saturated rings. The number of aromatic nitrogens is 2. The van der Waals surface area contributed by atoms with E-state index in [4.69, 9.17) is 20.8 Å². The molecule has 176 valence electrons. The second-order valence-corrected chi connectivity index (χ2v) is 8.88. The molecule has 0 aliphatic carbocycles. The van der Waals surface area contributed by atoms with Crippen molar-refractivity contribution in [1.82, 2.24) is 9.55 Å². The molecule has 0 bridgehead atoms. The van der Waals surface area contributed by atoms with Gasteiger partial charge < -0.3 is 19.4 Å². The van der Waals surface area contributed by atoms with Crippen molar-refractivity contribution in [2.75, 3.05) is 6.61 Å². The van der Waals surface area contributed by atoms with Crippen LogP contribution in [0.15, 0.2) is 45.7 Å². The molecule has 9 heteroatoms. The smallest absolute Gasteiger partial charge is 0.353 e. The van der Waals surface area contributed by atoms with Gasteiger partial charge in [-0.05, 0) is 24.5 Å². The minimum Gasteiger partial charge on any atom is -0.480 e. The quantitative estimate of drug-likeness (QED) is 0.356. The lowest BCUT2D eigenvalue weighted by Crippen LogP contribution is -2.32. The van der Waals surface area contributed by atoms with Crippen LogP contribution in [0.1, 0.15) is 44.4 Å². The van der Waals surface area contributed by atoms with Crippen molar-refractivity contribution in [2.24, 2.45) is 5.92 Å². The SMILES string of the molecule is CCCCCc1ccc(-c2cc3cn([C@H]4C[C@H]([C@@H](Cl)C(=O)O)C(CO)O4)c(=O)nc3o2)cc1. The van der Waals surface area contributed by atoms with Crippen LogP contribution in [0.5, 0.6) is 0 Å². The Bertz CT molecular complexity index is 1170. The summed E-state index contributed by atoms with van der Waals surface area (Å²) in [7, 11) is 0. The van der Waals surface area contributed by atoms with Gasteiger partial charge in [0.1, 0.15) is 17.4 Å². The number of aliphatic carboxylic acids is 1. The van der Waals surface area contributed by atoms with Gasteiger partial charge in [0.2, 0.25) is 5.71 Å². The number of nitrogens with zero attached hydrogens (tertiary/aromatic N) is 2. The predicted molar refractivity (Wildman–Crippen MR) is 123 cm³/mol. The van der Waals surface area contributed by atoms with E-state index in [1.54, 1.807) is 6.20 Å². The first-order valence-corrected chi connectivity index (χ1v) is 11.6. The van der Waals surface area contributed by atoms with E-state index in [1.807, 2.05) is 18.2 Å². The highest BCUT2D eigenvalue weighted by atomic mass is 35.5. The number of fused-ring (bicyclic) bond motifs is 1. The number of carboxylic acid groups (broad SMARTS) is 1. The van der Waals surface area contributed by atoms with Crippen LogP contribution in [-0.2, 0) is 16.0 Å². The van der Waals surface area contributed by atoms with Gasteiger partial charge in [0, 0.05) is 24.1 Å². The zero-order valence-electron chi connectivity index (χ0n) is 18.3. The zero-order chi connectivity index (χ0) is 23.5. The number of benzene rings is 1. The Balaban J connectivity index is 1.57. The third kappa shape index (κ3) is 4.98. The molecule has 3 heterocycles. The van der Waals surface area contributed by atoms with E-state index in [2.05, 4.69) is 24.0 Å². The summed E-state index contributed by atoms with van der Waals surface area (Å²) in [6.07, 6.45) is 4.79. The topological polar surface area (TPSA) is 115 Å². The number of furan rings is 1. The van der Waals surface area contributed by atoms with E-state index >= 15 is 0 Å². The minimum absolute atomic E-state index is 0.170. The summed E-state index contributed by atoms with van der Waals surface area (Å²) in [4.78, 5) is 28.0. The molecule has 8 nitrogen and oxygen atoms in total. The number of aliphatic hydroxyl groups is 1. The lowest BCUT2D eigenvalue weighted by molar-refractivity contribution is -0.138. The van der Waals surface area contributed by atoms with Crippen molar-refractivity contribution in [1.29, 1.82) is 0 Å². The number of aliphatic hydroxyl groups excluding tert-OH is 1. The molecule has 0 saturated carbocycles. The van der Waals surface area contributed by atoms with Gasteiger partial charge in [0.15, 0.2) is 0 Å². The van der Waals surface area contributed by atoms with Gasteiger partial charge in [-0.15, -0.1) is 11.6 Å². The number of carbonyl (C=O) groups is 1. The lowest BCUT2D eigenvalue weighted by atomic mass is 9.97. The minimum atomic E-state index is -1.23. The van der Waals surface area contributed by atoms with E-state index in [-0.39, 0.29) is 12.1 Å². The van der Waals surface area contributed by atoms with Crippen LogP contribution in [0.4, 0.5) is 0 Å². The van der Waals surface area contributed by atoms with Gasteiger partial charge in [-0.2, -0.15) is 4.98 Å². The molecule has 33 heavy (non-hydrogen) atoms. The molecule has 3 aromatic rings. The largest absolute Gasteiger partial charge is 0.480 e. The predicted octanol–water partition coefficient (Wildman–Crippen LogP) is 3.98. The van der Waals surface area contributed by atoms with Crippen molar-refractivity contribution in [2.45, 2.75) is 56.7 Å². The van der Waals surface area contributed by atoms with Gasteiger partial charge >= 0.3 is 11.7 Å². The highest BCUT2D eigenvalue weighted by molar-refractivity contribution is 6.29. The van der Waals surface area contributed by atoms with E-state index < -0.39 is 41.9 Å². The van der Waals surface area contributed by atoms with E-state index in [0.29, 0.717) is 11.1 Å². The monoisotopic (exact) mass is 474 g/mol. The average Bonchev–Trinajstić information content (AvgIpc) is 3.42. The summed E-state index contributed by atoms with van der Waals surface area (Å²) in [5.41, 5.74) is 1.78. The molecule has 2 N–H and O–H groups in total. The first kappa shape index (κ1) is 23.5. The highest BCUT2D eigenvalue weighted by Crippen LogP contribution is 2.37. The third-order valence-electron chi connectivity index (χ3n) is 6.13. The maximum atomic E-state index is 12.6. The molecule has 1 saturated heterocycles. The molecule has 1 unspecified atom stereocenters. The fourth-order valence-corrected chi connectivity index (χ4v) is 4.55. The van der Waals surface area contributed by atoms with Crippen molar-refractivity contribution in [3.05, 3.63) is 52.6 Å². The summed E-state index contributed by atoms with van der Waals surface area (Å²) >= 11 is 5.99. The number of halogens is 1. The Morgan fingerprint density at radius 3 is 2.73 bits per heavy atom. The molecular formula is C24H27ClN2O6. The van der Waals surface area contributed by atoms with Crippen LogP contribution < -0.4 is 5.69 Å². The Labute approximate surface area is 195 Å². The van der Waals surface area contributed by atoms with Gasteiger partial charge in [0.25, 0.3) is 0 Å². The maximum Gasteiger partial charge on any atom is 0.353 e. The summed E-state index contributed by atoms with van der Waals surface area (Å²) in [5, 5.41) is 18.2. The number of hydrogen-bond donors (Lipinski definition) is 2. The van der Waals surface area contributed by atoms with Crippen LogP contribution >= 0.6 is 11.6 Å². The molecule has 4 atom stereocenters. The molecule has 1 aliphatic rings. The Morgan fingerprint density at radius 1 is 1.30 bits per heavy atom. The highest BCUT2D eigenvalue weighted by Gasteiger charge is 2.43. The summed E-state index contributed by atoms with van der Waals surface area (Å²) in [5.74, 6) is -1.24. The van der Waals surface area contributed by atoms with E-state index in [9.17, 15) is 19.8 Å². The van der Waals surface area contributed by atoms with Crippen molar-refractivity contribution in [3.63, 3.8) is 0 Å². The third-order valence-corrected chi connectivity index (χ3v) is 6.64. The normalized spacial score (nSPS) is 21.5. The lowest BCUT2D eigenvalue weighted by Gasteiger charge is -2.17. The Kier molecular flexibility index (Phi) is 7.17. The van der Waals surface area contributed by atoms with Crippen molar-refractivity contribution >= 4 is 28.7 Å². The number of unbranched alkanes of at least 4 members (excludes halogenated alkanes) is 2. The average molecular weight is 475 g/mol. The Morgan fingerprint density at radius 2 is 2.06 bits per heavy atom. The summed E-state index contributed by atoms with van der Waals surface area (Å²) < 4.78 is 12.9. The number of alkyl halides is 1. The van der Waals surface area contributed by atoms with Crippen LogP contribution in [0.3, 0.4) is 0 Å². The summed E-state index contributed by atoms with van der Waals surface area (Å²) in [6.45, 7) is 1.79. The number of carboxylic acids is 1. The number of hydrogen-bond acceptors (Lipinski definition) is 6. The number of rotatable bonds is 9. The molecular weight excluding hydrogens is 448 g/mol. The molecule has 0 spiro atoms. The molecule has 0 amide bonds. The standard InChI is InChI=1S/C24H27ClN2O6/c1-2-3-4-5-14-6-8-15(9-7-14)18-10-16-12-27(24(31)26-22(16)33-18)20-11-17(19(13-28)32-20)21(25)23(29)30/h6-10,12,17,19-21,28H,2-5,11,13H2,1H3,(H,29,30)/t17-,19?,20+,21+/m0/s1. The van der Waals surface area contributed by atoms with Gasteiger partial charge in [-0.3, -0.25) is 9.36 Å².